The normalized spacial score (nSPS) is 14.4. The highest BCUT2D eigenvalue weighted by atomic mass is 35.5. The van der Waals surface area contributed by atoms with Crippen molar-refractivity contribution in [2.45, 2.75) is 18.9 Å². The molecule has 0 unspecified atom stereocenters. The number of nitrogens with one attached hydrogen (secondary N) is 1. The number of tetrazole rings is 1. The average Bonchev–Trinajstić information content (AvgIpc) is 3.64. The van der Waals surface area contributed by atoms with Crippen LogP contribution in [0.4, 0.5) is 0 Å². The van der Waals surface area contributed by atoms with Crippen LogP contribution < -0.4 is 5.56 Å². The number of nitrogens with zero attached hydrogens (tertiary/aromatic N) is 6. The summed E-state index contributed by atoms with van der Waals surface area (Å²) in [7, 11) is 0. The maximum atomic E-state index is 13.3. The minimum absolute atomic E-state index is 0. The van der Waals surface area contributed by atoms with Crippen LogP contribution in [-0.2, 0) is 6.42 Å². The molecule has 2 N–H and O–H groups in total. The summed E-state index contributed by atoms with van der Waals surface area (Å²) < 4.78 is 3.29. The van der Waals surface area contributed by atoms with Crippen LogP contribution in [0.25, 0.3) is 28.1 Å². The number of aromatic carboxylic acids is 1. The molecule has 10 nitrogen and oxygen atoms in total. The predicted octanol–water partition coefficient (Wildman–Crippen LogP) is 4.25. The Morgan fingerprint density at radius 3 is 2.81 bits per heavy atom. The number of aromatic nitrogens is 7. The number of imidazole rings is 1. The molecular formula is C23H17Cl2N7O3S. The largest absolute Gasteiger partial charge is 0.477 e. The Balaban J connectivity index is 0.00000267. The molecule has 5 heterocycles. The van der Waals surface area contributed by atoms with Crippen molar-refractivity contribution in [2.24, 2.45) is 0 Å². The summed E-state index contributed by atoms with van der Waals surface area (Å²) in [5.41, 5.74) is 4.40. The average molecular weight is 542 g/mol. The number of fused-ring (bicyclic) bond motifs is 1. The number of rotatable bonds is 5. The molecule has 0 radical (unpaired) electrons. The fourth-order valence-electron chi connectivity index (χ4n) is 4.46. The van der Waals surface area contributed by atoms with E-state index < -0.39 is 5.97 Å². The first kappa shape index (κ1) is 23.9. The zero-order valence-electron chi connectivity index (χ0n) is 18.3. The van der Waals surface area contributed by atoms with Crippen molar-refractivity contribution in [1.82, 2.24) is 34.7 Å². The van der Waals surface area contributed by atoms with Gasteiger partial charge in [-0.3, -0.25) is 4.79 Å². The molecule has 1 aliphatic heterocycles. The quantitative estimate of drug-likeness (QED) is 0.339. The van der Waals surface area contributed by atoms with E-state index in [0.717, 1.165) is 33.7 Å². The highest BCUT2D eigenvalue weighted by Gasteiger charge is 2.28. The van der Waals surface area contributed by atoms with Crippen molar-refractivity contribution in [3.05, 3.63) is 86.1 Å². The lowest BCUT2D eigenvalue weighted by Gasteiger charge is -2.15. The standard InChI is InChI=1S/C23H16ClN7O3S.ClH/c24-14-1-3-18(30-11-26-28-29-30)16(8-14)12-5-15-2-4-19(31(15)21(32)7-12)22-25-9-17(27-22)13-6-20(23(33)34)35-10-13;/h1,3,5-11,19H,2,4H2,(H,25,27)(H,33,34);1H/t19-;/m0./s1. The topological polar surface area (TPSA) is 132 Å². The van der Waals surface area contributed by atoms with Gasteiger partial charge in [0, 0.05) is 33.3 Å². The summed E-state index contributed by atoms with van der Waals surface area (Å²) in [6, 6.07) is 10.3. The highest BCUT2D eigenvalue weighted by molar-refractivity contribution is 7.12. The summed E-state index contributed by atoms with van der Waals surface area (Å²) in [5, 5.41) is 22.9. The zero-order chi connectivity index (χ0) is 24.1. The number of benzene rings is 1. The van der Waals surface area contributed by atoms with Gasteiger partial charge in [0.1, 0.15) is 17.0 Å². The number of aryl methyl sites for hydroxylation is 1. The molecule has 1 aromatic carbocycles. The smallest absolute Gasteiger partial charge is 0.345 e. The van der Waals surface area contributed by atoms with Gasteiger partial charge in [-0.1, -0.05) is 11.6 Å². The van der Waals surface area contributed by atoms with Crippen molar-refractivity contribution in [3.63, 3.8) is 0 Å². The molecule has 5 aromatic rings. The second-order valence-corrected chi connectivity index (χ2v) is 9.45. The van der Waals surface area contributed by atoms with Crippen LogP contribution in [-0.4, -0.2) is 45.8 Å². The number of carboxylic acids is 1. The number of thiophene rings is 1. The van der Waals surface area contributed by atoms with Gasteiger partial charge in [-0.05, 0) is 59.2 Å². The van der Waals surface area contributed by atoms with E-state index in [1.165, 1.54) is 11.0 Å². The predicted molar refractivity (Wildman–Crippen MR) is 136 cm³/mol. The van der Waals surface area contributed by atoms with E-state index >= 15 is 0 Å². The van der Waals surface area contributed by atoms with Gasteiger partial charge in [-0.15, -0.1) is 28.8 Å². The van der Waals surface area contributed by atoms with Gasteiger partial charge in [-0.2, -0.15) is 4.68 Å². The van der Waals surface area contributed by atoms with Gasteiger partial charge in [0.05, 0.1) is 23.6 Å². The minimum atomic E-state index is -0.962. The number of hydrogen-bond acceptors (Lipinski definition) is 7. The van der Waals surface area contributed by atoms with Crippen molar-refractivity contribution < 1.29 is 9.90 Å². The zero-order valence-corrected chi connectivity index (χ0v) is 20.7. The molecule has 1 atom stereocenters. The molecule has 0 saturated carbocycles. The first-order chi connectivity index (χ1) is 17.0. The maximum Gasteiger partial charge on any atom is 0.345 e. The van der Waals surface area contributed by atoms with E-state index in [4.69, 9.17) is 11.6 Å². The molecule has 0 bridgehead atoms. The van der Waals surface area contributed by atoms with Gasteiger partial charge < -0.3 is 14.7 Å². The number of H-pyrrole nitrogens is 1. The number of carbonyl (C=O) groups is 1. The molecule has 1 aliphatic rings. The van der Waals surface area contributed by atoms with Crippen molar-refractivity contribution in [1.29, 1.82) is 0 Å². The van der Waals surface area contributed by atoms with E-state index in [9.17, 15) is 14.7 Å². The van der Waals surface area contributed by atoms with E-state index in [2.05, 4.69) is 25.5 Å². The summed E-state index contributed by atoms with van der Waals surface area (Å²) in [5.74, 6) is -0.301. The lowest BCUT2D eigenvalue weighted by Crippen LogP contribution is -2.23. The minimum Gasteiger partial charge on any atom is -0.477 e. The first-order valence-electron chi connectivity index (χ1n) is 10.6. The number of aromatic amines is 1. The van der Waals surface area contributed by atoms with Crippen LogP contribution >= 0.6 is 35.3 Å². The number of halogens is 2. The highest BCUT2D eigenvalue weighted by Crippen LogP contribution is 2.34. The molecule has 0 fully saturated rings. The second kappa shape index (κ2) is 9.34. The Morgan fingerprint density at radius 1 is 1.19 bits per heavy atom. The molecule has 4 aromatic heterocycles. The Labute approximate surface area is 218 Å². The third kappa shape index (κ3) is 4.11. The molecule has 0 spiro atoms. The van der Waals surface area contributed by atoms with Gasteiger partial charge in [0.25, 0.3) is 5.56 Å². The lowest BCUT2D eigenvalue weighted by atomic mass is 10.0. The van der Waals surface area contributed by atoms with Crippen LogP contribution in [0.3, 0.4) is 0 Å². The number of pyridine rings is 1. The summed E-state index contributed by atoms with van der Waals surface area (Å²) in [6.07, 6.45) is 4.58. The summed E-state index contributed by atoms with van der Waals surface area (Å²) in [4.78, 5) is 32.5. The molecule has 0 aliphatic carbocycles. The van der Waals surface area contributed by atoms with E-state index in [1.54, 1.807) is 40.4 Å². The van der Waals surface area contributed by atoms with E-state index in [-0.39, 0.29) is 28.9 Å². The fourth-order valence-corrected chi connectivity index (χ4v) is 5.38. The number of carboxylic acid groups (broad SMARTS) is 1. The van der Waals surface area contributed by atoms with Crippen molar-refractivity contribution in [3.8, 4) is 28.1 Å². The van der Waals surface area contributed by atoms with Gasteiger partial charge in [-0.25, -0.2) is 9.78 Å². The molecule has 36 heavy (non-hydrogen) atoms. The van der Waals surface area contributed by atoms with Crippen LogP contribution in [0.15, 0.2) is 59.1 Å². The summed E-state index contributed by atoms with van der Waals surface area (Å²) in [6.45, 7) is 0. The van der Waals surface area contributed by atoms with Gasteiger partial charge in [0.2, 0.25) is 0 Å². The van der Waals surface area contributed by atoms with E-state index in [1.807, 2.05) is 12.1 Å². The monoisotopic (exact) mass is 541 g/mol. The Bertz CT molecular complexity index is 1640. The second-order valence-electron chi connectivity index (χ2n) is 8.10. The van der Waals surface area contributed by atoms with Crippen molar-refractivity contribution in [2.75, 3.05) is 0 Å². The molecular weight excluding hydrogens is 525 g/mol. The van der Waals surface area contributed by atoms with Crippen LogP contribution in [0, 0.1) is 0 Å². The maximum absolute atomic E-state index is 13.3. The molecule has 13 heteroatoms. The summed E-state index contributed by atoms with van der Waals surface area (Å²) >= 11 is 7.43. The molecule has 0 saturated heterocycles. The third-order valence-corrected chi connectivity index (χ3v) is 7.18. The Kier molecular flexibility index (Phi) is 6.20. The molecule has 182 valence electrons. The van der Waals surface area contributed by atoms with Crippen molar-refractivity contribution >= 4 is 41.3 Å². The van der Waals surface area contributed by atoms with Crippen LogP contribution in [0.5, 0.6) is 0 Å². The van der Waals surface area contributed by atoms with Gasteiger partial charge >= 0.3 is 5.97 Å². The van der Waals surface area contributed by atoms with Crippen LogP contribution in [0.2, 0.25) is 5.02 Å². The molecule has 6 rings (SSSR count). The fraction of sp³-hybridized carbons (Fsp3) is 0.130. The lowest BCUT2D eigenvalue weighted by molar-refractivity contribution is 0.0702. The SMILES string of the molecule is Cl.O=C(O)c1cc(-c2cnc([C@@H]3CCc4cc(-c5cc(Cl)ccc5-n5cnnn5)cc(=O)n43)[nH]2)cs1. The van der Waals surface area contributed by atoms with Gasteiger partial charge in [0.15, 0.2) is 0 Å². The Hall–Kier alpha value is -3.80. The Morgan fingerprint density at radius 2 is 2.06 bits per heavy atom. The molecule has 0 amide bonds. The van der Waals surface area contributed by atoms with Crippen LogP contribution in [0.1, 0.15) is 33.7 Å². The number of hydrogen-bond donors (Lipinski definition) is 2. The van der Waals surface area contributed by atoms with E-state index in [0.29, 0.717) is 35.1 Å². The third-order valence-electron chi connectivity index (χ3n) is 6.03. The first-order valence-corrected chi connectivity index (χ1v) is 11.9.